The Hall–Kier alpha value is -0.570. The summed E-state index contributed by atoms with van der Waals surface area (Å²) < 4.78 is 0. The molecule has 1 saturated heterocycles. The van der Waals surface area contributed by atoms with Crippen LogP contribution in [0.15, 0.2) is 0 Å². The van der Waals surface area contributed by atoms with E-state index >= 15 is 0 Å². The fourth-order valence-corrected chi connectivity index (χ4v) is 1.73. The first-order chi connectivity index (χ1) is 6.15. The predicted octanol–water partition coefficient (Wildman–Crippen LogP) is 1.02. The summed E-state index contributed by atoms with van der Waals surface area (Å²) in [5.74, 6) is 0.468. The van der Waals surface area contributed by atoms with Crippen LogP contribution in [0, 0.1) is 5.92 Å². The average molecular weight is 185 g/mol. The van der Waals surface area contributed by atoms with Crippen molar-refractivity contribution in [1.82, 2.24) is 4.90 Å². The van der Waals surface area contributed by atoms with Crippen molar-refractivity contribution in [1.29, 1.82) is 0 Å². The molecule has 76 valence electrons. The van der Waals surface area contributed by atoms with Gasteiger partial charge in [-0.1, -0.05) is 13.8 Å². The summed E-state index contributed by atoms with van der Waals surface area (Å²) in [4.78, 5) is 13.4. The van der Waals surface area contributed by atoms with Gasteiger partial charge in [-0.25, -0.2) is 0 Å². The average Bonchev–Trinajstić information content (AvgIpc) is 2.10. The fraction of sp³-hybridized carbons (Fsp3) is 0.900. The highest BCUT2D eigenvalue weighted by atomic mass is 16.3. The molecule has 0 radical (unpaired) electrons. The molecular weight excluding hydrogens is 166 g/mol. The molecule has 2 unspecified atom stereocenters. The van der Waals surface area contributed by atoms with Crippen LogP contribution in [-0.4, -0.2) is 35.1 Å². The summed E-state index contributed by atoms with van der Waals surface area (Å²) in [6.07, 6.45) is 2.07. The summed E-state index contributed by atoms with van der Waals surface area (Å²) in [5.41, 5.74) is 0. The van der Waals surface area contributed by atoms with Gasteiger partial charge in [-0.15, -0.1) is 0 Å². The van der Waals surface area contributed by atoms with E-state index in [9.17, 15) is 9.90 Å². The van der Waals surface area contributed by atoms with Gasteiger partial charge in [-0.3, -0.25) is 4.79 Å². The summed E-state index contributed by atoms with van der Waals surface area (Å²) in [5, 5.41) is 9.47. The Labute approximate surface area is 79.7 Å². The molecule has 1 amide bonds. The molecule has 1 aliphatic heterocycles. The Bertz CT molecular complexity index is 182. The van der Waals surface area contributed by atoms with Crippen molar-refractivity contribution in [3.63, 3.8) is 0 Å². The summed E-state index contributed by atoms with van der Waals surface area (Å²) >= 11 is 0. The van der Waals surface area contributed by atoms with E-state index in [2.05, 4.69) is 0 Å². The molecule has 0 aromatic carbocycles. The first kappa shape index (κ1) is 10.5. The highest BCUT2D eigenvalue weighted by Crippen LogP contribution is 2.17. The quantitative estimate of drug-likeness (QED) is 0.697. The third-order valence-electron chi connectivity index (χ3n) is 2.68. The number of aliphatic hydroxyl groups is 1. The van der Waals surface area contributed by atoms with Gasteiger partial charge in [0.15, 0.2) is 0 Å². The molecule has 1 aliphatic rings. The molecule has 3 nitrogen and oxygen atoms in total. The smallest absolute Gasteiger partial charge is 0.222 e. The lowest BCUT2D eigenvalue weighted by atomic mass is 9.96. The Kier molecular flexibility index (Phi) is 3.72. The minimum Gasteiger partial charge on any atom is -0.393 e. The molecule has 0 bridgehead atoms. The minimum absolute atomic E-state index is 0.217. The van der Waals surface area contributed by atoms with Gasteiger partial charge in [-0.05, 0) is 18.8 Å². The third kappa shape index (κ3) is 2.69. The molecule has 0 spiro atoms. The zero-order valence-electron chi connectivity index (χ0n) is 8.49. The van der Waals surface area contributed by atoms with Crippen LogP contribution < -0.4 is 0 Å². The number of hydrogen-bond donors (Lipinski definition) is 1. The molecular formula is C10H19NO2. The molecule has 1 heterocycles. The van der Waals surface area contributed by atoms with Crippen LogP contribution >= 0.6 is 0 Å². The van der Waals surface area contributed by atoms with Gasteiger partial charge >= 0.3 is 0 Å². The second-order valence-corrected chi connectivity index (χ2v) is 3.92. The number of nitrogens with zero attached hydrogens (tertiary/aromatic N) is 1. The summed E-state index contributed by atoms with van der Waals surface area (Å²) in [7, 11) is 0. The van der Waals surface area contributed by atoms with E-state index in [1.165, 1.54) is 0 Å². The Morgan fingerprint density at radius 2 is 2.31 bits per heavy atom. The number of piperidine rings is 1. The summed E-state index contributed by atoms with van der Waals surface area (Å²) in [6, 6.07) is 0. The van der Waals surface area contributed by atoms with Gasteiger partial charge in [-0.2, -0.15) is 0 Å². The molecule has 1 fully saturated rings. The Morgan fingerprint density at radius 3 is 2.85 bits per heavy atom. The molecule has 0 aromatic rings. The van der Waals surface area contributed by atoms with Crippen molar-refractivity contribution in [3.8, 4) is 0 Å². The van der Waals surface area contributed by atoms with Crippen LogP contribution in [0.4, 0.5) is 0 Å². The van der Waals surface area contributed by atoms with Crippen molar-refractivity contribution >= 4 is 5.91 Å². The van der Waals surface area contributed by atoms with Gasteiger partial charge in [0.05, 0.1) is 6.10 Å². The second-order valence-electron chi connectivity index (χ2n) is 3.92. The number of amides is 1. The highest BCUT2D eigenvalue weighted by Gasteiger charge is 2.26. The largest absolute Gasteiger partial charge is 0.393 e. The monoisotopic (exact) mass is 185 g/mol. The number of likely N-dealkylation sites (tertiary alicyclic amines) is 1. The van der Waals surface area contributed by atoms with E-state index in [4.69, 9.17) is 0 Å². The van der Waals surface area contributed by atoms with Crippen LogP contribution in [0.1, 0.15) is 33.1 Å². The molecule has 13 heavy (non-hydrogen) atoms. The predicted molar refractivity (Wildman–Crippen MR) is 51.3 cm³/mol. The van der Waals surface area contributed by atoms with Crippen molar-refractivity contribution in [2.75, 3.05) is 13.1 Å². The lowest BCUT2D eigenvalue weighted by Crippen LogP contribution is -2.44. The molecule has 0 saturated carbocycles. The van der Waals surface area contributed by atoms with Crippen molar-refractivity contribution in [2.24, 2.45) is 5.92 Å². The van der Waals surface area contributed by atoms with Crippen LogP contribution in [0.2, 0.25) is 0 Å². The van der Waals surface area contributed by atoms with E-state index < -0.39 is 0 Å². The van der Waals surface area contributed by atoms with Crippen molar-refractivity contribution in [3.05, 3.63) is 0 Å². The first-order valence-electron chi connectivity index (χ1n) is 5.11. The number of carbonyl (C=O) groups excluding carboxylic acids is 1. The van der Waals surface area contributed by atoms with E-state index in [1.54, 1.807) is 0 Å². The van der Waals surface area contributed by atoms with Gasteiger partial charge in [0.25, 0.3) is 0 Å². The second kappa shape index (κ2) is 4.61. The topological polar surface area (TPSA) is 40.5 Å². The molecule has 2 atom stereocenters. The van der Waals surface area contributed by atoms with Gasteiger partial charge < -0.3 is 10.0 Å². The third-order valence-corrected chi connectivity index (χ3v) is 2.68. The van der Waals surface area contributed by atoms with Crippen LogP contribution in [0.3, 0.4) is 0 Å². The van der Waals surface area contributed by atoms with Gasteiger partial charge in [0.1, 0.15) is 0 Å². The van der Waals surface area contributed by atoms with E-state index in [0.29, 0.717) is 6.42 Å². The fourth-order valence-electron chi connectivity index (χ4n) is 1.73. The first-order valence-corrected chi connectivity index (χ1v) is 5.11. The molecule has 0 aliphatic carbocycles. The number of rotatable bonds is 2. The number of hydrogen-bond acceptors (Lipinski definition) is 2. The molecule has 0 aromatic heterocycles. The maximum atomic E-state index is 11.5. The van der Waals surface area contributed by atoms with E-state index in [0.717, 1.165) is 25.9 Å². The number of carbonyl (C=O) groups is 1. The van der Waals surface area contributed by atoms with E-state index in [-0.39, 0.29) is 17.9 Å². The highest BCUT2D eigenvalue weighted by molar-refractivity contribution is 5.76. The number of aliphatic hydroxyl groups excluding tert-OH is 1. The Morgan fingerprint density at radius 1 is 1.62 bits per heavy atom. The normalized spacial score (nSPS) is 29.0. The van der Waals surface area contributed by atoms with Crippen LogP contribution in [0.5, 0.6) is 0 Å². The SMILES string of the molecule is CCCC(=O)N1CCC(O)C(C)C1. The van der Waals surface area contributed by atoms with Gasteiger partial charge in [0, 0.05) is 19.5 Å². The van der Waals surface area contributed by atoms with Crippen molar-refractivity contribution in [2.45, 2.75) is 39.2 Å². The standard InChI is InChI=1S/C10H19NO2/c1-3-4-10(13)11-6-5-9(12)8(2)7-11/h8-9,12H,3-7H2,1-2H3. The van der Waals surface area contributed by atoms with Crippen LogP contribution in [0.25, 0.3) is 0 Å². The maximum Gasteiger partial charge on any atom is 0.222 e. The lowest BCUT2D eigenvalue weighted by Gasteiger charge is -2.34. The van der Waals surface area contributed by atoms with E-state index in [1.807, 2.05) is 18.7 Å². The lowest BCUT2D eigenvalue weighted by molar-refractivity contribution is -0.134. The summed E-state index contributed by atoms with van der Waals surface area (Å²) in [6.45, 7) is 5.46. The van der Waals surface area contributed by atoms with Gasteiger partial charge in [0.2, 0.25) is 5.91 Å². The van der Waals surface area contributed by atoms with Crippen molar-refractivity contribution < 1.29 is 9.90 Å². The maximum absolute atomic E-state index is 11.5. The molecule has 1 N–H and O–H groups in total. The molecule has 1 rings (SSSR count). The minimum atomic E-state index is -0.217. The molecule has 3 heteroatoms. The Balaban J connectivity index is 2.40. The zero-order valence-corrected chi connectivity index (χ0v) is 8.49. The zero-order chi connectivity index (χ0) is 9.84. The van der Waals surface area contributed by atoms with Crippen LogP contribution in [-0.2, 0) is 4.79 Å².